The lowest BCUT2D eigenvalue weighted by Crippen LogP contribution is -2.10. The molecule has 1 aromatic rings. The monoisotopic (exact) mass is 207 g/mol. The zero-order chi connectivity index (χ0) is 11.1. The van der Waals surface area contributed by atoms with Crippen LogP contribution < -0.4 is 10.5 Å². The van der Waals surface area contributed by atoms with E-state index in [1.165, 1.54) is 0 Å². The summed E-state index contributed by atoms with van der Waals surface area (Å²) in [5, 5.41) is 0. The molecule has 0 saturated heterocycles. The van der Waals surface area contributed by atoms with Gasteiger partial charge in [-0.3, -0.25) is 0 Å². The van der Waals surface area contributed by atoms with Crippen LogP contribution in [0, 0.1) is 0 Å². The highest BCUT2D eigenvalue weighted by molar-refractivity contribution is 5.75. The van der Waals surface area contributed by atoms with E-state index in [9.17, 15) is 4.79 Å². The smallest absolute Gasteiger partial charge is 0.130 e. The van der Waals surface area contributed by atoms with Crippen LogP contribution in [0.4, 0.5) is 0 Å². The molecule has 82 valence electrons. The molecule has 3 nitrogen and oxygen atoms in total. The van der Waals surface area contributed by atoms with Crippen molar-refractivity contribution in [2.45, 2.75) is 19.8 Å². The third-order valence-electron chi connectivity index (χ3n) is 2.05. The van der Waals surface area contributed by atoms with Crippen molar-refractivity contribution in [2.24, 2.45) is 5.73 Å². The van der Waals surface area contributed by atoms with Gasteiger partial charge in [0.1, 0.15) is 18.1 Å². The maximum absolute atomic E-state index is 10.8. The van der Waals surface area contributed by atoms with E-state index in [1.807, 2.05) is 24.3 Å². The molecule has 0 bridgehead atoms. The van der Waals surface area contributed by atoms with Crippen LogP contribution >= 0.6 is 0 Å². The molecule has 0 saturated carbocycles. The Kier molecular flexibility index (Phi) is 4.84. The van der Waals surface area contributed by atoms with Crippen LogP contribution in [-0.2, 0) is 11.2 Å². The van der Waals surface area contributed by atoms with E-state index in [1.54, 1.807) is 6.92 Å². The second-order valence-electron chi connectivity index (χ2n) is 3.49. The van der Waals surface area contributed by atoms with Crippen molar-refractivity contribution in [3.8, 4) is 5.75 Å². The Balaban J connectivity index is 2.53. The Bertz CT molecular complexity index is 323. The van der Waals surface area contributed by atoms with Gasteiger partial charge in [-0.25, -0.2) is 0 Å². The van der Waals surface area contributed by atoms with Crippen LogP contribution in [0.1, 0.15) is 18.9 Å². The van der Waals surface area contributed by atoms with E-state index in [2.05, 4.69) is 0 Å². The predicted octanol–water partition coefficient (Wildman–Crippen LogP) is 1.55. The highest BCUT2D eigenvalue weighted by Gasteiger charge is 1.99. The van der Waals surface area contributed by atoms with Crippen LogP contribution in [0.15, 0.2) is 24.3 Å². The van der Waals surface area contributed by atoms with Gasteiger partial charge in [0.15, 0.2) is 0 Å². The first-order valence-corrected chi connectivity index (χ1v) is 5.13. The van der Waals surface area contributed by atoms with Crippen molar-refractivity contribution in [1.29, 1.82) is 0 Å². The molecule has 0 aromatic heterocycles. The molecule has 0 aliphatic heterocycles. The molecule has 1 aromatic carbocycles. The lowest BCUT2D eigenvalue weighted by molar-refractivity contribution is -0.116. The van der Waals surface area contributed by atoms with E-state index in [0.29, 0.717) is 19.6 Å². The topological polar surface area (TPSA) is 52.3 Å². The molecule has 0 fully saturated rings. The van der Waals surface area contributed by atoms with Crippen molar-refractivity contribution >= 4 is 5.78 Å². The van der Waals surface area contributed by atoms with Crippen molar-refractivity contribution in [1.82, 2.24) is 0 Å². The van der Waals surface area contributed by atoms with Gasteiger partial charge in [-0.1, -0.05) is 12.1 Å². The standard InChI is InChI=1S/C12H17NO2/c1-10(14)5-6-11-3-2-4-12(9-11)15-8-7-13/h2-4,9H,5-8,13H2,1H3. The molecule has 0 unspecified atom stereocenters. The van der Waals surface area contributed by atoms with Crippen LogP contribution in [0.2, 0.25) is 0 Å². The lowest BCUT2D eigenvalue weighted by Gasteiger charge is -2.06. The zero-order valence-corrected chi connectivity index (χ0v) is 9.03. The number of carbonyl (C=O) groups is 1. The molecule has 2 N–H and O–H groups in total. The molecule has 0 atom stereocenters. The van der Waals surface area contributed by atoms with Gasteiger partial charge in [0, 0.05) is 13.0 Å². The summed E-state index contributed by atoms with van der Waals surface area (Å²) in [5.41, 5.74) is 6.47. The molecule has 1 rings (SSSR count). The fraction of sp³-hybridized carbons (Fsp3) is 0.417. The zero-order valence-electron chi connectivity index (χ0n) is 9.03. The average Bonchev–Trinajstić information content (AvgIpc) is 2.24. The summed E-state index contributed by atoms with van der Waals surface area (Å²) in [5.74, 6) is 1.03. The summed E-state index contributed by atoms with van der Waals surface area (Å²) < 4.78 is 5.39. The minimum Gasteiger partial charge on any atom is -0.492 e. The second-order valence-corrected chi connectivity index (χ2v) is 3.49. The molecule has 0 aliphatic rings. The molecule has 0 spiro atoms. The van der Waals surface area contributed by atoms with Gasteiger partial charge in [0.2, 0.25) is 0 Å². The average molecular weight is 207 g/mol. The summed E-state index contributed by atoms with van der Waals surface area (Å²) >= 11 is 0. The van der Waals surface area contributed by atoms with Crippen LogP contribution in [0.3, 0.4) is 0 Å². The van der Waals surface area contributed by atoms with Gasteiger partial charge >= 0.3 is 0 Å². The number of hydrogen-bond donors (Lipinski definition) is 1. The Morgan fingerprint density at radius 2 is 2.27 bits per heavy atom. The number of carbonyl (C=O) groups excluding carboxylic acids is 1. The molecule has 0 aliphatic carbocycles. The Morgan fingerprint density at radius 1 is 1.47 bits per heavy atom. The third-order valence-corrected chi connectivity index (χ3v) is 2.05. The maximum atomic E-state index is 10.8. The SMILES string of the molecule is CC(=O)CCc1cccc(OCCN)c1. The first-order chi connectivity index (χ1) is 7.22. The van der Waals surface area contributed by atoms with E-state index in [0.717, 1.165) is 17.7 Å². The molecule has 0 amide bonds. The molecule has 3 heteroatoms. The number of benzene rings is 1. The largest absolute Gasteiger partial charge is 0.492 e. The van der Waals surface area contributed by atoms with Crippen molar-refractivity contribution < 1.29 is 9.53 Å². The van der Waals surface area contributed by atoms with E-state index in [4.69, 9.17) is 10.5 Å². The number of ether oxygens (including phenoxy) is 1. The fourth-order valence-corrected chi connectivity index (χ4v) is 1.29. The van der Waals surface area contributed by atoms with Gasteiger partial charge < -0.3 is 15.3 Å². The second kappa shape index (κ2) is 6.19. The molecular formula is C12H17NO2. The lowest BCUT2D eigenvalue weighted by atomic mass is 10.1. The van der Waals surface area contributed by atoms with Crippen LogP contribution in [-0.4, -0.2) is 18.9 Å². The van der Waals surface area contributed by atoms with E-state index >= 15 is 0 Å². The van der Waals surface area contributed by atoms with Gasteiger partial charge in [0.25, 0.3) is 0 Å². The Morgan fingerprint density at radius 3 is 2.93 bits per heavy atom. The highest BCUT2D eigenvalue weighted by atomic mass is 16.5. The van der Waals surface area contributed by atoms with Crippen LogP contribution in [0.5, 0.6) is 5.75 Å². The molecule has 0 radical (unpaired) electrons. The summed E-state index contributed by atoms with van der Waals surface area (Å²) in [6.45, 7) is 2.64. The first kappa shape index (κ1) is 11.7. The summed E-state index contributed by atoms with van der Waals surface area (Å²) in [4.78, 5) is 10.8. The number of Topliss-reactive ketones (excluding diaryl/α,β-unsaturated/α-hetero) is 1. The summed E-state index contributed by atoms with van der Waals surface area (Å²) in [6, 6.07) is 7.78. The Hall–Kier alpha value is -1.35. The molecular weight excluding hydrogens is 190 g/mol. The summed E-state index contributed by atoms with van der Waals surface area (Å²) in [7, 11) is 0. The van der Waals surface area contributed by atoms with Crippen molar-refractivity contribution in [3.05, 3.63) is 29.8 Å². The Labute approximate surface area is 90.2 Å². The van der Waals surface area contributed by atoms with Crippen molar-refractivity contribution in [2.75, 3.05) is 13.2 Å². The third kappa shape index (κ3) is 4.61. The summed E-state index contributed by atoms with van der Waals surface area (Å²) in [6.07, 6.45) is 1.36. The minimum absolute atomic E-state index is 0.211. The fourth-order valence-electron chi connectivity index (χ4n) is 1.29. The maximum Gasteiger partial charge on any atom is 0.130 e. The number of hydrogen-bond acceptors (Lipinski definition) is 3. The number of nitrogens with two attached hydrogens (primary N) is 1. The quantitative estimate of drug-likeness (QED) is 0.770. The normalized spacial score (nSPS) is 10.0. The number of aryl methyl sites for hydroxylation is 1. The van der Waals surface area contributed by atoms with Crippen molar-refractivity contribution in [3.63, 3.8) is 0 Å². The highest BCUT2D eigenvalue weighted by Crippen LogP contribution is 2.14. The number of rotatable bonds is 6. The van der Waals surface area contributed by atoms with Gasteiger partial charge in [0.05, 0.1) is 0 Å². The predicted molar refractivity (Wildman–Crippen MR) is 60.0 cm³/mol. The first-order valence-electron chi connectivity index (χ1n) is 5.13. The molecule has 15 heavy (non-hydrogen) atoms. The van der Waals surface area contributed by atoms with Gasteiger partial charge in [-0.05, 0) is 31.0 Å². The minimum atomic E-state index is 0.211. The van der Waals surface area contributed by atoms with Gasteiger partial charge in [-0.15, -0.1) is 0 Å². The number of ketones is 1. The van der Waals surface area contributed by atoms with Crippen LogP contribution in [0.25, 0.3) is 0 Å². The van der Waals surface area contributed by atoms with E-state index < -0.39 is 0 Å². The van der Waals surface area contributed by atoms with E-state index in [-0.39, 0.29) is 5.78 Å². The van der Waals surface area contributed by atoms with Gasteiger partial charge in [-0.2, -0.15) is 0 Å². The molecule has 0 heterocycles.